The minimum atomic E-state index is -0.221. The fourth-order valence-corrected chi connectivity index (χ4v) is 2.22. The fourth-order valence-electron chi connectivity index (χ4n) is 1.92. The number of rotatable bonds is 3. The van der Waals surface area contributed by atoms with Gasteiger partial charge < -0.3 is 20.5 Å². The molecule has 17 heavy (non-hydrogen) atoms. The number of benzene rings is 1. The van der Waals surface area contributed by atoms with Crippen LogP contribution in [0.2, 0.25) is 5.02 Å². The molecular weight excluding hydrogens is 240 g/mol. The maximum absolute atomic E-state index is 6.19. The Morgan fingerprint density at radius 2 is 2.41 bits per heavy atom. The van der Waals surface area contributed by atoms with Gasteiger partial charge >= 0.3 is 0 Å². The number of hydrogen-bond donors (Lipinski definition) is 2. The summed E-state index contributed by atoms with van der Waals surface area (Å²) in [4.78, 5) is 0. The van der Waals surface area contributed by atoms with E-state index in [1.165, 1.54) is 0 Å². The average molecular weight is 257 g/mol. The van der Waals surface area contributed by atoms with Crippen molar-refractivity contribution in [3.63, 3.8) is 0 Å². The van der Waals surface area contributed by atoms with Gasteiger partial charge in [-0.3, -0.25) is 0 Å². The van der Waals surface area contributed by atoms with Crippen LogP contribution in [0.15, 0.2) is 18.2 Å². The molecule has 4 nitrogen and oxygen atoms in total. The number of methoxy groups -OCH3 is 1. The van der Waals surface area contributed by atoms with Crippen LogP contribution in [0.1, 0.15) is 11.6 Å². The minimum Gasteiger partial charge on any atom is -0.497 e. The summed E-state index contributed by atoms with van der Waals surface area (Å²) in [6.07, 6.45) is -0.0327. The van der Waals surface area contributed by atoms with Crippen LogP contribution in [0.4, 0.5) is 0 Å². The van der Waals surface area contributed by atoms with E-state index in [1.807, 2.05) is 12.1 Å². The summed E-state index contributed by atoms with van der Waals surface area (Å²) in [6, 6.07) is 5.30. The molecule has 2 atom stereocenters. The highest BCUT2D eigenvalue weighted by Crippen LogP contribution is 2.28. The topological polar surface area (TPSA) is 56.5 Å². The van der Waals surface area contributed by atoms with Crippen LogP contribution in [0.3, 0.4) is 0 Å². The first-order valence-corrected chi connectivity index (χ1v) is 6.01. The van der Waals surface area contributed by atoms with Crippen molar-refractivity contribution in [1.29, 1.82) is 0 Å². The van der Waals surface area contributed by atoms with E-state index >= 15 is 0 Å². The lowest BCUT2D eigenvalue weighted by molar-refractivity contribution is 0.0122. The first kappa shape index (κ1) is 12.6. The smallest absolute Gasteiger partial charge is 0.120 e. The zero-order valence-corrected chi connectivity index (χ0v) is 10.5. The molecular formula is C12H17ClN2O2. The van der Waals surface area contributed by atoms with Crippen LogP contribution < -0.4 is 15.8 Å². The molecule has 1 saturated heterocycles. The molecule has 0 amide bonds. The van der Waals surface area contributed by atoms with Crippen molar-refractivity contribution in [3.05, 3.63) is 28.8 Å². The summed E-state index contributed by atoms with van der Waals surface area (Å²) in [6.45, 7) is 2.31. The van der Waals surface area contributed by atoms with Gasteiger partial charge in [-0.25, -0.2) is 0 Å². The Morgan fingerprint density at radius 1 is 1.59 bits per heavy atom. The van der Waals surface area contributed by atoms with Gasteiger partial charge in [-0.05, 0) is 17.7 Å². The number of ether oxygens (including phenoxy) is 2. The Kier molecular flexibility index (Phi) is 4.23. The van der Waals surface area contributed by atoms with Crippen LogP contribution in [0.5, 0.6) is 5.75 Å². The molecule has 1 fully saturated rings. The number of hydrogen-bond acceptors (Lipinski definition) is 4. The van der Waals surface area contributed by atoms with Crippen LogP contribution >= 0.6 is 11.6 Å². The van der Waals surface area contributed by atoms with Crippen molar-refractivity contribution in [1.82, 2.24) is 5.32 Å². The third kappa shape index (κ3) is 2.90. The average Bonchev–Trinajstić information content (AvgIpc) is 2.39. The Morgan fingerprint density at radius 3 is 3.00 bits per heavy atom. The van der Waals surface area contributed by atoms with Gasteiger partial charge in [-0.2, -0.15) is 0 Å². The molecule has 0 radical (unpaired) electrons. The van der Waals surface area contributed by atoms with Crippen LogP contribution in [-0.2, 0) is 4.74 Å². The fraction of sp³-hybridized carbons (Fsp3) is 0.500. The van der Waals surface area contributed by atoms with Gasteiger partial charge in [0.1, 0.15) is 5.75 Å². The van der Waals surface area contributed by atoms with Crippen molar-refractivity contribution < 1.29 is 9.47 Å². The monoisotopic (exact) mass is 256 g/mol. The van der Waals surface area contributed by atoms with Crippen molar-refractivity contribution in [3.8, 4) is 5.75 Å². The molecule has 1 aromatic carbocycles. The molecule has 1 aromatic rings. The van der Waals surface area contributed by atoms with Crippen LogP contribution in [-0.4, -0.2) is 32.9 Å². The predicted octanol–water partition coefficient (Wildman–Crippen LogP) is 1.34. The van der Waals surface area contributed by atoms with E-state index in [2.05, 4.69) is 5.32 Å². The van der Waals surface area contributed by atoms with Gasteiger partial charge in [0, 0.05) is 18.1 Å². The number of halogens is 1. The molecule has 0 aromatic heterocycles. The van der Waals surface area contributed by atoms with Crippen molar-refractivity contribution in [2.75, 3.05) is 26.8 Å². The number of nitrogens with two attached hydrogens (primary N) is 1. The molecule has 1 aliphatic rings. The largest absolute Gasteiger partial charge is 0.497 e. The van der Waals surface area contributed by atoms with Gasteiger partial charge in [0.05, 0.1) is 25.9 Å². The summed E-state index contributed by atoms with van der Waals surface area (Å²) < 4.78 is 10.7. The predicted molar refractivity (Wildman–Crippen MR) is 67.5 cm³/mol. The van der Waals surface area contributed by atoms with E-state index in [1.54, 1.807) is 13.2 Å². The van der Waals surface area contributed by atoms with E-state index in [-0.39, 0.29) is 12.1 Å². The Labute approximate surface area is 106 Å². The van der Waals surface area contributed by atoms with Gasteiger partial charge in [-0.1, -0.05) is 17.7 Å². The highest BCUT2D eigenvalue weighted by atomic mass is 35.5. The summed E-state index contributed by atoms with van der Waals surface area (Å²) in [7, 11) is 1.61. The van der Waals surface area contributed by atoms with Crippen LogP contribution in [0, 0.1) is 0 Å². The molecule has 2 rings (SSSR count). The van der Waals surface area contributed by atoms with E-state index in [0.29, 0.717) is 11.6 Å². The summed E-state index contributed by atoms with van der Waals surface area (Å²) >= 11 is 6.19. The maximum Gasteiger partial charge on any atom is 0.120 e. The molecule has 94 valence electrons. The lowest BCUT2D eigenvalue weighted by Crippen LogP contribution is -2.44. The van der Waals surface area contributed by atoms with Gasteiger partial charge in [0.25, 0.3) is 0 Å². The van der Waals surface area contributed by atoms with Gasteiger partial charge in [0.2, 0.25) is 0 Å². The molecule has 0 saturated carbocycles. The van der Waals surface area contributed by atoms with Gasteiger partial charge in [-0.15, -0.1) is 0 Å². The molecule has 1 heterocycles. The van der Waals surface area contributed by atoms with E-state index in [0.717, 1.165) is 24.4 Å². The van der Waals surface area contributed by atoms with Crippen molar-refractivity contribution in [2.45, 2.75) is 12.1 Å². The number of nitrogens with one attached hydrogen (secondary N) is 1. The zero-order chi connectivity index (χ0) is 12.3. The molecule has 1 aliphatic heterocycles. The maximum atomic E-state index is 6.19. The third-order valence-electron chi connectivity index (χ3n) is 2.92. The second-order valence-electron chi connectivity index (χ2n) is 4.03. The van der Waals surface area contributed by atoms with Crippen LogP contribution in [0.25, 0.3) is 0 Å². The third-order valence-corrected chi connectivity index (χ3v) is 3.25. The van der Waals surface area contributed by atoms with E-state index in [4.69, 9.17) is 26.8 Å². The Balaban J connectivity index is 2.15. The standard InChI is InChI=1S/C12H17ClN2O2/c1-16-8-2-3-9(10(13)6-8)12(14)11-7-15-4-5-17-11/h2-3,6,11-12,15H,4-5,7,14H2,1H3. The summed E-state index contributed by atoms with van der Waals surface area (Å²) in [5.74, 6) is 0.730. The second kappa shape index (κ2) is 5.69. The lowest BCUT2D eigenvalue weighted by Gasteiger charge is -2.29. The highest BCUT2D eigenvalue weighted by molar-refractivity contribution is 6.31. The summed E-state index contributed by atoms with van der Waals surface area (Å²) in [5, 5.41) is 3.87. The molecule has 0 aliphatic carbocycles. The Bertz CT molecular complexity index is 381. The normalized spacial score (nSPS) is 22.2. The molecule has 0 spiro atoms. The highest BCUT2D eigenvalue weighted by Gasteiger charge is 2.24. The zero-order valence-electron chi connectivity index (χ0n) is 9.78. The SMILES string of the molecule is COc1ccc(C(N)C2CNCCO2)c(Cl)c1. The molecule has 0 bridgehead atoms. The molecule has 3 N–H and O–H groups in total. The quantitative estimate of drug-likeness (QED) is 0.857. The minimum absolute atomic E-state index is 0.0327. The lowest BCUT2D eigenvalue weighted by atomic mass is 10.0. The van der Waals surface area contributed by atoms with E-state index < -0.39 is 0 Å². The van der Waals surface area contributed by atoms with E-state index in [9.17, 15) is 0 Å². The molecule has 2 unspecified atom stereocenters. The van der Waals surface area contributed by atoms with Gasteiger partial charge in [0.15, 0.2) is 0 Å². The van der Waals surface area contributed by atoms with Crippen molar-refractivity contribution >= 4 is 11.6 Å². The second-order valence-corrected chi connectivity index (χ2v) is 4.43. The Hall–Kier alpha value is -0.810. The first-order valence-electron chi connectivity index (χ1n) is 5.63. The summed E-state index contributed by atoms with van der Waals surface area (Å²) in [5.41, 5.74) is 7.06. The van der Waals surface area contributed by atoms with Crippen molar-refractivity contribution in [2.24, 2.45) is 5.73 Å². The first-order chi connectivity index (χ1) is 8.22. The molecule has 5 heteroatoms. The number of morpholine rings is 1.